The molecule has 1 saturated carbocycles. The van der Waals surface area contributed by atoms with E-state index in [0.717, 1.165) is 27.8 Å². The Labute approximate surface area is 193 Å². The minimum absolute atomic E-state index is 0.00169. The number of nitrogens with zero attached hydrogens (tertiary/aromatic N) is 1. The smallest absolute Gasteiger partial charge is 0.291 e. The van der Waals surface area contributed by atoms with Crippen LogP contribution >= 0.6 is 11.8 Å². The Balaban J connectivity index is 1.53. The molecule has 1 aromatic heterocycles. The maximum Gasteiger partial charge on any atom is 0.291 e. The van der Waals surface area contributed by atoms with Crippen LogP contribution in [0.2, 0.25) is 0 Å². The fourth-order valence-corrected chi connectivity index (χ4v) is 5.53. The Bertz CT molecular complexity index is 1100. The summed E-state index contributed by atoms with van der Waals surface area (Å²) in [6.45, 7) is 2.03. The van der Waals surface area contributed by atoms with Crippen molar-refractivity contribution in [3.8, 4) is 0 Å². The predicted octanol–water partition coefficient (Wildman–Crippen LogP) is 6.23. The molecule has 0 radical (unpaired) electrons. The number of amides is 2. The van der Waals surface area contributed by atoms with Crippen molar-refractivity contribution >= 4 is 40.2 Å². The molecular formula is C26H30N2O3S. The van der Waals surface area contributed by atoms with Crippen LogP contribution < -0.4 is 5.32 Å². The van der Waals surface area contributed by atoms with Gasteiger partial charge in [-0.3, -0.25) is 9.59 Å². The minimum atomic E-state index is -0.238. The molecule has 0 bridgehead atoms. The molecular weight excluding hydrogens is 420 g/mol. The average Bonchev–Trinajstić information content (AvgIpc) is 3.17. The zero-order valence-corrected chi connectivity index (χ0v) is 19.5. The molecule has 1 aliphatic carbocycles. The van der Waals surface area contributed by atoms with Crippen molar-refractivity contribution < 1.29 is 14.0 Å². The number of nitrogens with one attached hydrogen (secondary N) is 1. The van der Waals surface area contributed by atoms with Crippen LogP contribution in [0.3, 0.4) is 0 Å². The largest absolute Gasteiger partial charge is 0.451 e. The lowest BCUT2D eigenvalue weighted by molar-refractivity contribution is -0.128. The van der Waals surface area contributed by atoms with Gasteiger partial charge in [-0.1, -0.05) is 49.6 Å². The van der Waals surface area contributed by atoms with E-state index in [9.17, 15) is 9.59 Å². The summed E-state index contributed by atoms with van der Waals surface area (Å²) in [6.07, 6.45) is 6.44. The average molecular weight is 451 g/mol. The topological polar surface area (TPSA) is 62.6 Å². The van der Waals surface area contributed by atoms with Crippen LogP contribution in [0.15, 0.2) is 52.9 Å². The Morgan fingerprint density at radius 3 is 2.66 bits per heavy atom. The van der Waals surface area contributed by atoms with E-state index in [4.69, 9.17) is 4.42 Å². The van der Waals surface area contributed by atoms with E-state index < -0.39 is 0 Å². The molecule has 1 aliphatic rings. The number of thioether (sulfide) groups is 1. The number of carbonyl (C=O) groups is 2. The van der Waals surface area contributed by atoms with Crippen LogP contribution in [0.5, 0.6) is 0 Å². The molecule has 0 unspecified atom stereocenters. The first-order chi connectivity index (χ1) is 15.5. The zero-order valence-electron chi connectivity index (χ0n) is 18.7. The maximum absolute atomic E-state index is 13.2. The van der Waals surface area contributed by atoms with Crippen LogP contribution in [-0.2, 0) is 17.1 Å². The minimum Gasteiger partial charge on any atom is -0.451 e. The van der Waals surface area contributed by atoms with Gasteiger partial charge in [-0.05, 0) is 36.6 Å². The van der Waals surface area contributed by atoms with Crippen molar-refractivity contribution in [1.82, 2.24) is 4.90 Å². The molecule has 0 aliphatic heterocycles. The van der Waals surface area contributed by atoms with Crippen LogP contribution in [0, 0.1) is 0 Å². The lowest BCUT2D eigenvalue weighted by Crippen LogP contribution is -2.23. The maximum atomic E-state index is 13.2. The highest BCUT2D eigenvalue weighted by molar-refractivity contribution is 7.99. The Morgan fingerprint density at radius 1 is 1.09 bits per heavy atom. The highest BCUT2D eigenvalue weighted by atomic mass is 32.2. The van der Waals surface area contributed by atoms with E-state index in [2.05, 4.69) is 5.32 Å². The molecule has 1 fully saturated rings. The summed E-state index contributed by atoms with van der Waals surface area (Å²) in [4.78, 5) is 26.4. The summed E-state index contributed by atoms with van der Waals surface area (Å²) in [5.41, 5.74) is 3.36. The van der Waals surface area contributed by atoms with Crippen molar-refractivity contribution in [2.75, 3.05) is 12.4 Å². The van der Waals surface area contributed by atoms with Crippen molar-refractivity contribution in [2.24, 2.45) is 0 Å². The zero-order chi connectivity index (χ0) is 22.5. The Morgan fingerprint density at radius 2 is 1.88 bits per heavy atom. The van der Waals surface area contributed by atoms with E-state index >= 15 is 0 Å². The summed E-state index contributed by atoms with van der Waals surface area (Å²) in [7, 11) is 1.76. The summed E-state index contributed by atoms with van der Waals surface area (Å²) in [6, 6.07) is 15.5. The second-order valence-corrected chi connectivity index (χ2v) is 9.80. The number of anilines is 1. The third kappa shape index (κ3) is 5.36. The van der Waals surface area contributed by atoms with Gasteiger partial charge in [0.15, 0.2) is 5.76 Å². The number of furan rings is 1. The van der Waals surface area contributed by atoms with Crippen LogP contribution in [-0.4, -0.2) is 29.0 Å². The standard InChI is InChI=1S/C26H30N2O3S/c1-18(29)28(2)16-19-9-8-10-20(15-19)27-26(30)25-23(17-32-21-11-4-3-5-12-21)22-13-6-7-14-24(22)31-25/h6-10,13-15,21H,3-5,11-12,16-17H2,1-2H3,(H,27,30). The van der Waals surface area contributed by atoms with Gasteiger partial charge in [0, 0.05) is 48.2 Å². The van der Waals surface area contributed by atoms with E-state index in [1.807, 2.05) is 60.3 Å². The van der Waals surface area contributed by atoms with Crippen molar-refractivity contribution in [1.29, 1.82) is 0 Å². The number of rotatable bonds is 7. The van der Waals surface area contributed by atoms with Gasteiger partial charge in [-0.2, -0.15) is 11.8 Å². The second-order valence-electron chi connectivity index (χ2n) is 8.51. The van der Waals surface area contributed by atoms with Gasteiger partial charge in [-0.15, -0.1) is 0 Å². The quantitative estimate of drug-likeness (QED) is 0.463. The van der Waals surface area contributed by atoms with Gasteiger partial charge in [0.2, 0.25) is 5.91 Å². The van der Waals surface area contributed by atoms with Crippen molar-refractivity contribution in [3.05, 3.63) is 65.4 Å². The highest BCUT2D eigenvalue weighted by Gasteiger charge is 2.23. The number of carbonyl (C=O) groups excluding carboxylic acids is 2. The SMILES string of the molecule is CC(=O)N(C)Cc1cccc(NC(=O)c2oc3ccccc3c2CSC2CCCCC2)c1. The van der Waals surface area contributed by atoms with Gasteiger partial charge in [0.05, 0.1) is 0 Å². The summed E-state index contributed by atoms with van der Waals surface area (Å²) >= 11 is 1.94. The van der Waals surface area contributed by atoms with Gasteiger partial charge >= 0.3 is 0 Å². The summed E-state index contributed by atoms with van der Waals surface area (Å²) < 4.78 is 6.02. The lowest BCUT2D eigenvalue weighted by atomic mass is 10.0. The van der Waals surface area contributed by atoms with Gasteiger partial charge in [0.1, 0.15) is 5.58 Å². The molecule has 0 saturated heterocycles. The van der Waals surface area contributed by atoms with Crippen molar-refractivity contribution in [3.63, 3.8) is 0 Å². The lowest BCUT2D eigenvalue weighted by Gasteiger charge is -2.20. The summed E-state index contributed by atoms with van der Waals surface area (Å²) in [5.74, 6) is 0.925. The van der Waals surface area contributed by atoms with Crippen molar-refractivity contribution in [2.45, 2.75) is 56.6 Å². The van der Waals surface area contributed by atoms with Gasteiger partial charge in [-0.25, -0.2) is 0 Å². The molecule has 168 valence electrons. The Hall–Kier alpha value is -2.73. The van der Waals surface area contributed by atoms with Gasteiger partial charge in [0.25, 0.3) is 5.91 Å². The van der Waals surface area contributed by atoms with E-state index in [-0.39, 0.29) is 11.8 Å². The molecule has 4 rings (SSSR count). The van der Waals surface area contributed by atoms with E-state index in [1.54, 1.807) is 18.9 Å². The molecule has 0 atom stereocenters. The molecule has 2 amide bonds. The molecule has 0 spiro atoms. The second kappa shape index (κ2) is 10.3. The molecule has 3 aromatic rings. The fourth-order valence-electron chi connectivity index (χ4n) is 4.18. The number of para-hydroxylation sites is 1. The third-order valence-corrected chi connectivity index (χ3v) is 7.46. The summed E-state index contributed by atoms with van der Waals surface area (Å²) in [5, 5.41) is 4.66. The van der Waals surface area contributed by atoms with Crippen LogP contribution in [0.4, 0.5) is 5.69 Å². The molecule has 5 nitrogen and oxygen atoms in total. The predicted molar refractivity (Wildman–Crippen MR) is 131 cm³/mol. The number of benzene rings is 2. The van der Waals surface area contributed by atoms with Gasteiger partial charge < -0.3 is 14.6 Å². The number of hydrogen-bond acceptors (Lipinski definition) is 4. The monoisotopic (exact) mass is 450 g/mol. The highest BCUT2D eigenvalue weighted by Crippen LogP contribution is 2.35. The molecule has 1 N–H and O–H groups in total. The first kappa shape index (κ1) is 22.5. The number of hydrogen-bond donors (Lipinski definition) is 1. The first-order valence-electron chi connectivity index (χ1n) is 11.3. The van der Waals surface area contributed by atoms with Crippen LogP contribution in [0.25, 0.3) is 11.0 Å². The van der Waals surface area contributed by atoms with Crippen LogP contribution in [0.1, 0.15) is 60.7 Å². The van der Waals surface area contributed by atoms with E-state index in [0.29, 0.717) is 23.2 Å². The molecule has 1 heterocycles. The Kier molecular flexibility index (Phi) is 7.20. The third-order valence-electron chi connectivity index (χ3n) is 6.06. The number of fused-ring (bicyclic) bond motifs is 1. The molecule has 2 aromatic carbocycles. The molecule has 32 heavy (non-hydrogen) atoms. The molecule has 6 heteroatoms. The normalized spacial score (nSPS) is 14.4. The van der Waals surface area contributed by atoms with E-state index in [1.165, 1.54) is 32.1 Å². The first-order valence-corrected chi connectivity index (χ1v) is 12.3. The fraction of sp³-hybridized carbons (Fsp3) is 0.385.